The zero-order valence-corrected chi connectivity index (χ0v) is 8.70. The fraction of sp³-hybridized carbons (Fsp3) is 0. The van der Waals surface area contributed by atoms with Crippen LogP contribution in [0.1, 0.15) is 0 Å². The van der Waals surface area contributed by atoms with Crippen LogP contribution in [0.4, 0.5) is 5.69 Å². The first kappa shape index (κ1) is 9.87. The summed E-state index contributed by atoms with van der Waals surface area (Å²) >= 11 is 5.91. The predicted octanol–water partition coefficient (Wildman–Crippen LogP) is 3.29. The second kappa shape index (κ2) is 3.83. The van der Waals surface area contributed by atoms with E-state index in [1.807, 2.05) is 12.1 Å². The highest BCUT2D eigenvalue weighted by atomic mass is 35.5. The van der Waals surface area contributed by atoms with Crippen molar-refractivity contribution < 1.29 is 5.11 Å². The number of hydrogen-bond acceptors (Lipinski definition) is 2. The highest BCUT2D eigenvalue weighted by molar-refractivity contribution is 6.33. The van der Waals surface area contributed by atoms with Crippen LogP contribution in [0.25, 0.3) is 11.1 Å². The van der Waals surface area contributed by atoms with Crippen molar-refractivity contribution >= 4 is 17.3 Å². The third-order valence-corrected chi connectivity index (χ3v) is 2.58. The standard InChI is InChI=1S/C12H10ClNO/c13-10-6-3-5-9(12(10)14)8-4-1-2-7-11(8)15/h1-7,15H,14H2. The van der Waals surface area contributed by atoms with Crippen LogP contribution in [0.3, 0.4) is 0 Å². The molecule has 15 heavy (non-hydrogen) atoms. The summed E-state index contributed by atoms with van der Waals surface area (Å²) in [6.07, 6.45) is 0. The molecule has 3 heteroatoms. The number of nitrogens with two attached hydrogens (primary N) is 1. The molecule has 0 atom stereocenters. The molecule has 3 N–H and O–H groups in total. The van der Waals surface area contributed by atoms with Gasteiger partial charge in [0.2, 0.25) is 0 Å². The third-order valence-electron chi connectivity index (χ3n) is 2.25. The number of para-hydroxylation sites is 2. The summed E-state index contributed by atoms with van der Waals surface area (Å²) in [5.74, 6) is 0.200. The molecule has 0 saturated carbocycles. The Morgan fingerprint density at radius 1 is 0.933 bits per heavy atom. The van der Waals surface area contributed by atoms with Crippen LogP contribution < -0.4 is 5.73 Å². The van der Waals surface area contributed by atoms with E-state index in [1.54, 1.807) is 30.3 Å². The molecule has 0 saturated heterocycles. The molecular weight excluding hydrogens is 210 g/mol. The number of phenolic OH excluding ortho intramolecular Hbond substituents is 1. The van der Waals surface area contributed by atoms with Gasteiger partial charge >= 0.3 is 0 Å². The molecule has 0 aliphatic rings. The molecule has 0 unspecified atom stereocenters. The van der Waals surface area contributed by atoms with Crippen molar-refractivity contribution in [1.29, 1.82) is 0 Å². The lowest BCUT2D eigenvalue weighted by molar-refractivity contribution is 0.477. The van der Waals surface area contributed by atoms with E-state index in [-0.39, 0.29) is 5.75 Å². The zero-order chi connectivity index (χ0) is 10.8. The zero-order valence-electron chi connectivity index (χ0n) is 7.94. The summed E-state index contributed by atoms with van der Waals surface area (Å²) in [5.41, 5.74) is 7.77. The summed E-state index contributed by atoms with van der Waals surface area (Å²) < 4.78 is 0. The van der Waals surface area contributed by atoms with Gasteiger partial charge in [-0.25, -0.2) is 0 Å². The number of phenols is 1. The Balaban J connectivity index is 2.65. The molecule has 0 heterocycles. The maximum absolute atomic E-state index is 9.68. The van der Waals surface area contributed by atoms with E-state index in [1.165, 1.54) is 0 Å². The van der Waals surface area contributed by atoms with E-state index in [9.17, 15) is 5.11 Å². The highest BCUT2D eigenvalue weighted by Crippen LogP contribution is 2.35. The first-order chi connectivity index (χ1) is 7.20. The van der Waals surface area contributed by atoms with Crippen molar-refractivity contribution in [2.75, 3.05) is 5.73 Å². The van der Waals surface area contributed by atoms with Gasteiger partial charge in [-0.15, -0.1) is 0 Å². The topological polar surface area (TPSA) is 46.2 Å². The lowest BCUT2D eigenvalue weighted by Gasteiger charge is -2.08. The minimum Gasteiger partial charge on any atom is -0.507 e. The Labute approximate surface area is 92.9 Å². The van der Waals surface area contributed by atoms with Gasteiger partial charge in [0.25, 0.3) is 0 Å². The summed E-state index contributed by atoms with van der Waals surface area (Å²) in [7, 11) is 0. The molecule has 0 amide bonds. The minimum absolute atomic E-state index is 0.200. The Morgan fingerprint density at radius 3 is 2.33 bits per heavy atom. The van der Waals surface area contributed by atoms with Gasteiger partial charge < -0.3 is 10.8 Å². The fourth-order valence-corrected chi connectivity index (χ4v) is 1.65. The molecule has 2 nitrogen and oxygen atoms in total. The van der Waals surface area contributed by atoms with Crippen molar-refractivity contribution in [3.63, 3.8) is 0 Å². The number of halogens is 1. The molecule has 0 radical (unpaired) electrons. The number of benzene rings is 2. The predicted molar refractivity (Wildman–Crippen MR) is 63.0 cm³/mol. The van der Waals surface area contributed by atoms with Gasteiger partial charge in [-0.1, -0.05) is 41.9 Å². The van der Waals surface area contributed by atoms with E-state index in [0.29, 0.717) is 16.3 Å². The van der Waals surface area contributed by atoms with E-state index in [2.05, 4.69) is 0 Å². The van der Waals surface area contributed by atoms with Crippen molar-refractivity contribution in [2.45, 2.75) is 0 Å². The second-order valence-corrected chi connectivity index (χ2v) is 3.63. The third kappa shape index (κ3) is 1.76. The number of nitrogen functional groups attached to an aromatic ring is 1. The van der Waals surface area contributed by atoms with Gasteiger partial charge in [-0.05, 0) is 12.1 Å². The highest BCUT2D eigenvalue weighted by Gasteiger charge is 2.08. The molecule has 0 aromatic heterocycles. The number of anilines is 1. The molecule has 0 spiro atoms. The van der Waals surface area contributed by atoms with Crippen LogP contribution in [0.5, 0.6) is 5.75 Å². The SMILES string of the molecule is Nc1c(Cl)cccc1-c1ccccc1O. The van der Waals surface area contributed by atoms with Crippen molar-refractivity contribution in [3.8, 4) is 16.9 Å². The average molecular weight is 220 g/mol. The molecule has 0 fully saturated rings. The van der Waals surface area contributed by atoms with Crippen molar-refractivity contribution in [2.24, 2.45) is 0 Å². The smallest absolute Gasteiger partial charge is 0.123 e. The van der Waals surface area contributed by atoms with E-state index >= 15 is 0 Å². The van der Waals surface area contributed by atoms with Gasteiger partial charge in [0.1, 0.15) is 5.75 Å². The summed E-state index contributed by atoms with van der Waals surface area (Å²) in [6.45, 7) is 0. The van der Waals surface area contributed by atoms with Gasteiger partial charge in [0.05, 0.1) is 10.7 Å². The maximum atomic E-state index is 9.68. The Kier molecular flexibility index (Phi) is 2.52. The summed E-state index contributed by atoms with van der Waals surface area (Å²) in [6, 6.07) is 12.4. The van der Waals surface area contributed by atoms with Gasteiger partial charge in [-0.2, -0.15) is 0 Å². The van der Waals surface area contributed by atoms with Gasteiger partial charge in [-0.3, -0.25) is 0 Å². The van der Waals surface area contributed by atoms with Crippen LogP contribution in [0, 0.1) is 0 Å². The fourth-order valence-electron chi connectivity index (χ4n) is 1.47. The first-order valence-corrected chi connectivity index (χ1v) is 4.90. The van der Waals surface area contributed by atoms with Crippen LogP contribution in [-0.2, 0) is 0 Å². The quantitative estimate of drug-likeness (QED) is 0.723. The van der Waals surface area contributed by atoms with Crippen molar-refractivity contribution in [3.05, 3.63) is 47.5 Å². The molecular formula is C12H10ClNO. The van der Waals surface area contributed by atoms with Crippen LogP contribution in [0.2, 0.25) is 5.02 Å². The molecule has 76 valence electrons. The van der Waals surface area contributed by atoms with Gasteiger partial charge in [0.15, 0.2) is 0 Å². The Morgan fingerprint density at radius 2 is 1.60 bits per heavy atom. The summed E-state index contributed by atoms with van der Waals surface area (Å²) in [5, 5.41) is 10.2. The summed E-state index contributed by atoms with van der Waals surface area (Å²) in [4.78, 5) is 0. The number of aromatic hydroxyl groups is 1. The van der Waals surface area contributed by atoms with Crippen LogP contribution >= 0.6 is 11.6 Å². The number of rotatable bonds is 1. The normalized spacial score (nSPS) is 10.2. The monoisotopic (exact) mass is 219 g/mol. The molecule has 2 aromatic carbocycles. The second-order valence-electron chi connectivity index (χ2n) is 3.22. The van der Waals surface area contributed by atoms with Crippen LogP contribution in [0.15, 0.2) is 42.5 Å². The Hall–Kier alpha value is -1.67. The minimum atomic E-state index is 0.200. The lowest BCUT2D eigenvalue weighted by atomic mass is 10.0. The molecule has 0 aliphatic carbocycles. The first-order valence-electron chi connectivity index (χ1n) is 4.52. The average Bonchev–Trinajstić information content (AvgIpc) is 2.23. The molecule has 2 aromatic rings. The molecule has 2 rings (SSSR count). The maximum Gasteiger partial charge on any atom is 0.123 e. The van der Waals surface area contributed by atoms with E-state index in [0.717, 1.165) is 5.56 Å². The van der Waals surface area contributed by atoms with Crippen LogP contribution in [-0.4, -0.2) is 5.11 Å². The van der Waals surface area contributed by atoms with E-state index in [4.69, 9.17) is 17.3 Å². The lowest BCUT2D eigenvalue weighted by Crippen LogP contribution is -1.91. The molecule has 0 bridgehead atoms. The number of hydrogen-bond donors (Lipinski definition) is 2. The largest absolute Gasteiger partial charge is 0.507 e. The molecule has 0 aliphatic heterocycles. The Bertz CT molecular complexity index is 497. The van der Waals surface area contributed by atoms with Crippen molar-refractivity contribution in [1.82, 2.24) is 0 Å². The van der Waals surface area contributed by atoms with E-state index < -0.39 is 0 Å². The van der Waals surface area contributed by atoms with Gasteiger partial charge in [0, 0.05) is 11.1 Å².